The molecule has 1 amide bonds. The number of rotatable bonds is 6. The van der Waals surface area contributed by atoms with Crippen LogP contribution in [0.5, 0.6) is 0 Å². The molecule has 7 heteroatoms. The van der Waals surface area contributed by atoms with Gasteiger partial charge in [0.05, 0.1) is 5.92 Å². The first-order chi connectivity index (χ1) is 14.2. The van der Waals surface area contributed by atoms with Crippen molar-refractivity contribution >= 4 is 17.7 Å². The molecule has 0 bridgehead atoms. The lowest BCUT2D eigenvalue weighted by atomic mass is 9.98. The number of piperidine rings is 1. The van der Waals surface area contributed by atoms with Crippen LogP contribution in [0.15, 0.2) is 63.9 Å². The van der Waals surface area contributed by atoms with E-state index in [1.165, 1.54) is 17.0 Å². The van der Waals surface area contributed by atoms with E-state index in [0.717, 1.165) is 25.1 Å². The van der Waals surface area contributed by atoms with E-state index in [4.69, 9.17) is 4.42 Å². The molecule has 0 radical (unpaired) electrons. The fourth-order valence-electron chi connectivity index (χ4n) is 3.44. The summed E-state index contributed by atoms with van der Waals surface area (Å²) in [6.45, 7) is 1.37. The minimum absolute atomic E-state index is 0.0381. The van der Waals surface area contributed by atoms with Gasteiger partial charge in [-0.15, -0.1) is 22.0 Å². The van der Waals surface area contributed by atoms with Crippen LogP contribution >= 0.6 is 11.8 Å². The van der Waals surface area contributed by atoms with Crippen LogP contribution in [0.25, 0.3) is 11.5 Å². The van der Waals surface area contributed by atoms with E-state index < -0.39 is 0 Å². The fourth-order valence-corrected chi connectivity index (χ4v) is 4.31. The number of amides is 1. The number of aromatic nitrogens is 2. The maximum Gasteiger partial charge on any atom is 0.247 e. The van der Waals surface area contributed by atoms with Gasteiger partial charge in [0.15, 0.2) is 0 Å². The summed E-state index contributed by atoms with van der Waals surface area (Å²) < 4.78 is 18.9. The molecule has 3 aromatic rings. The minimum atomic E-state index is -0.305. The van der Waals surface area contributed by atoms with Gasteiger partial charge in [0, 0.05) is 35.7 Å². The molecule has 0 spiro atoms. The van der Waals surface area contributed by atoms with Crippen LogP contribution < -0.4 is 0 Å². The Morgan fingerprint density at radius 2 is 1.93 bits per heavy atom. The van der Waals surface area contributed by atoms with Crippen molar-refractivity contribution in [3.63, 3.8) is 0 Å². The molecule has 0 saturated carbocycles. The lowest BCUT2D eigenvalue weighted by Crippen LogP contribution is -2.39. The van der Waals surface area contributed by atoms with E-state index >= 15 is 0 Å². The van der Waals surface area contributed by atoms with Gasteiger partial charge in [-0.25, -0.2) is 4.39 Å². The van der Waals surface area contributed by atoms with Gasteiger partial charge in [0.2, 0.25) is 17.7 Å². The summed E-state index contributed by atoms with van der Waals surface area (Å²) in [5.74, 6) is 1.58. The molecule has 29 heavy (non-hydrogen) atoms. The highest BCUT2D eigenvalue weighted by Gasteiger charge is 2.28. The molecule has 1 aliphatic rings. The molecule has 0 N–H and O–H groups in total. The van der Waals surface area contributed by atoms with Crippen LogP contribution in [0.2, 0.25) is 0 Å². The van der Waals surface area contributed by atoms with Crippen molar-refractivity contribution in [1.29, 1.82) is 0 Å². The number of halogens is 1. The van der Waals surface area contributed by atoms with Crippen LogP contribution in [0, 0.1) is 5.82 Å². The van der Waals surface area contributed by atoms with Crippen molar-refractivity contribution in [2.45, 2.75) is 30.1 Å². The Morgan fingerprint density at radius 3 is 2.72 bits per heavy atom. The summed E-state index contributed by atoms with van der Waals surface area (Å²) in [6.07, 6.45) is 2.33. The zero-order valence-electron chi connectivity index (χ0n) is 16.0. The monoisotopic (exact) mass is 411 g/mol. The second-order valence-corrected chi connectivity index (χ2v) is 8.21. The van der Waals surface area contributed by atoms with E-state index in [2.05, 4.69) is 22.3 Å². The van der Waals surface area contributed by atoms with Gasteiger partial charge in [0.1, 0.15) is 5.82 Å². The topological polar surface area (TPSA) is 59.2 Å². The molecule has 4 rings (SSSR count). The first kappa shape index (κ1) is 19.6. The van der Waals surface area contributed by atoms with Gasteiger partial charge >= 0.3 is 0 Å². The van der Waals surface area contributed by atoms with Crippen LogP contribution in [0.3, 0.4) is 0 Å². The van der Waals surface area contributed by atoms with Crippen LogP contribution in [0.4, 0.5) is 4.39 Å². The number of carbonyl (C=O) groups excluding carboxylic acids is 1. The summed E-state index contributed by atoms with van der Waals surface area (Å²) in [7, 11) is 0. The van der Waals surface area contributed by atoms with Crippen LogP contribution in [-0.4, -0.2) is 39.8 Å². The summed E-state index contributed by atoms with van der Waals surface area (Å²) >= 11 is 1.70. The third-order valence-electron chi connectivity index (χ3n) is 4.98. The predicted molar refractivity (Wildman–Crippen MR) is 110 cm³/mol. The lowest BCUT2D eigenvalue weighted by molar-refractivity contribution is -0.132. The van der Waals surface area contributed by atoms with E-state index in [0.29, 0.717) is 30.3 Å². The van der Waals surface area contributed by atoms with Crippen molar-refractivity contribution < 1.29 is 13.6 Å². The zero-order chi connectivity index (χ0) is 20.1. The molecule has 1 aliphatic heterocycles. The number of likely N-dealkylation sites (tertiary alicyclic amines) is 1. The van der Waals surface area contributed by atoms with Gasteiger partial charge in [-0.2, -0.15) is 0 Å². The molecular formula is C22H22FN3O2S. The van der Waals surface area contributed by atoms with E-state index in [9.17, 15) is 9.18 Å². The van der Waals surface area contributed by atoms with Crippen molar-refractivity contribution in [1.82, 2.24) is 15.1 Å². The molecule has 1 atom stereocenters. The van der Waals surface area contributed by atoms with Crippen LogP contribution in [-0.2, 0) is 4.79 Å². The van der Waals surface area contributed by atoms with Gasteiger partial charge in [-0.3, -0.25) is 4.79 Å². The van der Waals surface area contributed by atoms with Crippen molar-refractivity contribution in [2.75, 3.05) is 18.8 Å². The highest BCUT2D eigenvalue weighted by molar-refractivity contribution is 7.99. The zero-order valence-corrected chi connectivity index (χ0v) is 16.8. The first-order valence-corrected chi connectivity index (χ1v) is 10.7. The van der Waals surface area contributed by atoms with Gasteiger partial charge in [0.25, 0.3) is 0 Å². The highest BCUT2D eigenvalue weighted by Crippen LogP contribution is 2.29. The third kappa shape index (κ3) is 5.03. The summed E-state index contributed by atoms with van der Waals surface area (Å²) in [4.78, 5) is 15.7. The van der Waals surface area contributed by atoms with E-state index in [-0.39, 0.29) is 17.6 Å². The number of benzene rings is 2. The largest absolute Gasteiger partial charge is 0.420 e. The number of hydrogen-bond donors (Lipinski definition) is 0. The van der Waals surface area contributed by atoms with E-state index in [1.807, 2.05) is 23.1 Å². The number of carbonyl (C=O) groups is 1. The molecule has 1 aromatic heterocycles. The SMILES string of the molecule is O=C(CCSc1ccccc1)N1CCCC(c2nnc(-c3ccc(F)cc3)o2)C1. The Bertz CT molecular complexity index is 946. The van der Waals surface area contributed by atoms with Gasteiger partial charge in [-0.05, 0) is 49.2 Å². The van der Waals surface area contributed by atoms with E-state index in [1.54, 1.807) is 23.9 Å². The molecule has 150 valence electrons. The van der Waals surface area contributed by atoms with Crippen LogP contribution in [0.1, 0.15) is 31.1 Å². The second kappa shape index (κ2) is 9.22. The third-order valence-corrected chi connectivity index (χ3v) is 6.00. The first-order valence-electron chi connectivity index (χ1n) is 9.74. The Labute approximate surface area is 173 Å². The predicted octanol–water partition coefficient (Wildman–Crippen LogP) is 4.76. The average molecular weight is 412 g/mol. The molecule has 1 fully saturated rings. The highest BCUT2D eigenvalue weighted by atomic mass is 32.2. The Morgan fingerprint density at radius 1 is 1.14 bits per heavy atom. The van der Waals surface area contributed by atoms with Crippen molar-refractivity contribution in [3.8, 4) is 11.5 Å². The average Bonchev–Trinajstić information content (AvgIpc) is 3.25. The summed E-state index contributed by atoms with van der Waals surface area (Å²) in [6, 6.07) is 16.1. The standard InChI is InChI=1S/C22H22FN3O2S/c23-18-10-8-16(9-11-18)21-24-25-22(28-21)17-5-4-13-26(15-17)20(27)12-14-29-19-6-2-1-3-7-19/h1-3,6-11,17H,4-5,12-15H2. The summed E-state index contributed by atoms with van der Waals surface area (Å²) in [5, 5.41) is 8.28. The fraction of sp³-hybridized carbons (Fsp3) is 0.318. The molecule has 2 aromatic carbocycles. The summed E-state index contributed by atoms with van der Waals surface area (Å²) in [5.41, 5.74) is 0.687. The quantitative estimate of drug-likeness (QED) is 0.547. The Balaban J connectivity index is 1.33. The molecule has 5 nitrogen and oxygen atoms in total. The molecular weight excluding hydrogens is 389 g/mol. The van der Waals surface area contributed by atoms with Gasteiger partial charge < -0.3 is 9.32 Å². The number of thioether (sulfide) groups is 1. The lowest BCUT2D eigenvalue weighted by Gasteiger charge is -2.31. The van der Waals surface area contributed by atoms with Crippen molar-refractivity contribution in [3.05, 3.63) is 66.3 Å². The number of hydrogen-bond acceptors (Lipinski definition) is 5. The maximum absolute atomic E-state index is 13.1. The van der Waals surface area contributed by atoms with Crippen molar-refractivity contribution in [2.24, 2.45) is 0 Å². The minimum Gasteiger partial charge on any atom is -0.420 e. The molecule has 1 unspecified atom stereocenters. The second-order valence-electron chi connectivity index (χ2n) is 7.04. The molecule has 0 aliphatic carbocycles. The Kier molecular flexibility index (Phi) is 6.24. The molecule has 1 saturated heterocycles. The number of nitrogens with zero attached hydrogens (tertiary/aromatic N) is 3. The smallest absolute Gasteiger partial charge is 0.247 e. The normalized spacial score (nSPS) is 16.7. The maximum atomic E-state index is 13.1. The molecule has 2 heterocycles. The van der Waals surface area contributed by atoms with Gasteiger partial charge in [-0.1, -0.05) is 18.2 Å². The Hall–Kier alpha value is -2.67.